The van der Waals surface area contributed by atoms with Gasteiger partial charge < -0.3 is 14.6 Å². The highest BCUT2D eigenvalue weighted by molar-refractivity contribution is 6.30. The lowest BCUT2D eigenvalue weighted by Crippen LogP contribution is -2.67. The van der Waals surface area contributed by atoms with E-state index >= 15 is 0 Å². The molecule has 5 aliphatic rings. The third kappa shape index (κ3) is 5.06. The molecule has 5 fully saturated rings. The Morgan fingerprint density at radius 2 is 1.62 bits per heavy atom. The largest absolute Gasteiger partial charge is 0.457 e. The second-order valence-corrected chi connectivity index (χ2v) is 18.7. The number of aliphatic hydroxyl groups excluding tert-OH is 1. The average molecular weight is 666 g/mol. The van der Waals surface area contributed by atoms with Crippen LogP contribution in [0.25, 0.3) is 5.69 Å². The van der Waals surface area contributed by atoms with E-state index in [9.17, 15) is 9.90 Å². The first-order chi connectivity index (χ1) is 21.9. The van der Waals surface area contributed by atoms with Gasteiger partial charge in [0.1, 0.15) is 6.10 Å². The number of benzene rings is 1. The quantitative estimate of drug-likeness (QED) is 0.329. The van der Waals surface area contributed by atoms with Gasteiger partial charge in [0.15, 0.2) is 5.69 Å². The van der Waals surface area contributed by atoms with E-state index < -0.39 is 5.97 Å². The number of rotatable bonds is 4. The maximum atomic E-state index is 13.5. The van der Waals surface area contributed by atoms with Crippen LogP contribution in [0.4, 0.5) is 0 Å². The lowest BCUT2D eigenvalue weighted by atomic mass is 9.35. The maximum absolute atomic E-state index is 13.5. The number of carbonyl (C=O) groups is 1. The van der Waals surface area contributed by atoms with Gasteiger partial charge in [-0.25, -0.2) is 9.48 Å². The van der Waals surface area contributed by atoms with Crippen LogP contribution in [0.15, 0.2) is 30.5 Å². The number of fused-ring (bicyclic) bond motifs is 5. The molecule has 4 saturated carbocycles. The van der Waals surface area contributed by atoms with E-state index in [-0.39, 0.29) is 56.7 Å². The molecule has 2 aromatic rings. The summed E-state index contributed by atoms with van der Waals surface area (Å²) in [5.41, 5.74) is 0.739. The molecule has 1 aliphatic heterocycles. The van der Waals surface area contributed by atoms with Crippen LogP contribution in [0.5, 0.6) is 0 Å². The normalized spacial score (nSPS) is 43.8. The Balaban J connectivity index is 1.11. The first kappa shape index (κ1) is 33.5. The van der Waals surface area contributed by atoms with Crippen LogP contribution in [-0.4, -0.2) is 49.5 Å². The SMILES string of the molecule is CC1(C)CCC[C@](C)([C@H]2CC[C@]3(C)[C@@H]2[C@H](O)C[C@@H]2[C@@]4(C)CC[C@H](OC(=O)c5cn(-c6ccc(Cl)cc6)nn5)C(C)(C)[C@@H]4CC[C@]23C)O1. The van der Waals surface area contributed by atoms with Crippen molar-refractivity contribution in [1.29, 1.82) is 0 Å². The van der Waals surface area contributed by atoms with Crippen molar-refractivity contribution in [3.05, 3.63) is 41.2 Å². The van der Waals surface area contributed by atoms with Gasteiger partial charge in [-0.15, -0.1) is 5.10 Å². The molecule has 1 saturated heterocycles. The van der Waals surface area contributed by atoms with Gasteiger partial charge >= 0.3 is 5.97 Å². The number of carbonyl (C=O) groups excluding carboxylic acids is 1. The van der Waals surface area contributed by atoms with Crippen molar-refractivity contribution < 1.29 is 19.4 Å². The molecule has 0 bridgehead atoms. The molecule has 10 atom stereocenters. The number of nitrogens with zero attached hydrogens (tertiary/aromatic N) is 3. The molecular weight excluding hydrogens is 610 g/mol. The van der Waals surface area contributed by atoms with E-state index in [0.29, 0.717) is 22.8 Å². The molecule has 1 N–H and O–H groups in total. The van der Waals surface area contributed by atoms with Crippen molar-refractivity contribution in [1.82, 2.24) is 15.0 Å². The molecule has 8 heteroatoms. The minimum Gasteiger partial charge on any atom is -0.457 e. The number of hydrogen-bond donors (Lipinski definition) is 1. The zero-order valence-electron chi connectivity index (χ0n) is 29.8. The topological polar surface area (TPSA) is 86.5 Å². The van der Waals surface area contributed by atoms with Crippen molar-refractivity contribution in [2.24, 2.45) is 45.3 Å². The summed E-state index contributed by atoms with van der Waals surface area (Å²) in [5.74, 6) is 1.02. The summed E-state index contributed by atoms with van der Waals surface area (Å²) in [6.07, 6.45) is 11.7. The van der Waals surface area contributed by atoms with Crippen LogP contribution < -0.4 is 0 Å². The highest BCUT2D eigenvalue weighted by Crippen LogP contribution is 2.76. The van der Waals surface area contributed by atoms with E-state index in [1.807, 2.05) is 12.1 Å². The summed E-state index contributed by atoms with van der Waals surface area (Å²) >= 11 is 6.04. The summed E-state index contributed by atoms with van der Waals surface area (Å²) < 4.78 is 14.8. The summed E-state index contributed by atoms with van der Waals surface area (Å²) in [6.45, 7) is 19.1. The number of aliphatic hydroxyl groups is 1. The van der Waals surface area contributed by atoms with E-state index in [0.717, 1.165) is 63.5 Å². The van der Waals surface area contributed by atoms with Crippen molar-refractivity contribution in [2.45, 2.75) is 143 Å². The van der Waals surface area contributed by atoms with Crippen LogP contribution >= 0.6 is 11.6 Å². The minimum atomic E-state index is -0.422. The lowest BCUT2D eigenvalue weighted by Gasteiger charge is -2.70. The van der Waals surface area contributed by atoms with Crippen molar-refractivity contribution >= 4 is 17.6 Å². The van der Waals surface area contributed by atoms with E-state index in [2.05, 4.69) is 65.7 Å². The minimum absolute atomic E-state index is 0.0530. The second-order valence-electron chi connectivity index (χ2n) is 18.3. The van der Waals surface area contributed by atoms with Crippen LogP contribution in [-0.2, 0) is 9.47 Å². The zero-order chi connectivity index (χ0) is 33.8. The Bertz CT molecular complexity index is 1520. The van der Waals surface area contributed by atoms with Crippen LogP contribution in [0.1, 0.15) is 130 Å². The zero-order valence-corrected chi connectivity index (χ0v) is 30.6. The molecule has 0 radical (unpaired) electrons. The molecular formula is C39H56ClN3O4. The van der Waals surface area contributed by atoms with Crippen molar-refractivity contribution in [3.63, 3.8) is 0 Å². The molecule has 7 nitrogen and oxygen atoms in total. The molecule has 4 aliphatic carbocycles. The predicted octanol–water partition coefficient (Wildman–Crippen LogP) is 8.84. The number of hydrogen-bond acceptors (Lipinski definition) is 6. The number of aromatic nitrogens is 3. The van der Waals surface area contributed by atoms with Gasteiger partial charge in [-0.3, -0.25) is 0 Å². The highest BCUT2D eigenvalue weighted by atomic mass is 35.5. The fraction of sp³-hybridized carbons (Fsp3) is 0.769. The molecule has 1 aromatic heterocycles. The monoisotopic (exact) mass is 665 g/mol. The highest BCUT2D eigenvalue weighted by Gasteiger charge is 2.72. The first-order valence-corrected chi connectivity index (χ1v) is 18.6. The Labute approximate surface area is 286 Å². The second kappa shape index (κ2) is 11.0. The van der Waals surface area contributed by atoms with Crippen LogP contribution in [0, 0.1) is 45.3 Å². The Morgan fingerprint density at radius 1 is 0.915 bits per heavy atom. The van der Waals surface area contributed by atoms with Crippen molar-refractivity contribution in [3.8, 4) is 5.69 Å². The third-order valence-electron chi connectivity index (χ3n) is 15.1. The van der Waals surface area contributed by atoms with Gasteiger partial charge in [0, 0.05) is 10.4 Å². The number of esters is 1. The van der Waals surface area contributed by atoms with Crippen molar-refractivity contribution in [2.75, 3.05) is 0 Å². The summed E-state index contributed by atoms with van der Waals surface area (Å²) in [4.78, 5) is 13.5. The van der Waals surface area contributed by atoms with E-state index in [1.165, 1.54) is 6.42 Å². The Kier molecular flexibility index (Phi) is 7.86. The van der Waals surface area contributed by atoms with Gasteiger partial charge in [-0.2, -0.15) is 0 Å². The molecule has 0 unspecified atom stereocenters. The molecule has 0 amide bonds. The number of ether oxygens (including phenoxy) is 2. The molecule has 7 rings (SSSR count). The maximum Gasteiger partial charge on any atom is 0.360 e. The van der Waals surface area contributed by atoms with Crippen LogP contribution in [0.3, 0.4) is 0 Å². The lowest BCUT2D eigenvalue weighted by molar-refractivity contribution is -0.257. The Morgan fingerprint density at radius 3 is 2.32 bits per heavy atom. The standard InChI is InChI=1S/C39H56ClN3O4/c1-34(2)17-9-18-39(8,47-34)26-14-20-38(7)32(26)28(44)22-30-36(5)19-16-31(35(3,4)29(36)15-21-37(30,38)6)46-33(45)27-23-43(42-41-27)25-12-10-24(40)11-13-25/h10-13,23,26,28-32,44H,9,14-22H2,1-8H3/t26-,28+,29-,30+,31-,32-,36-,37+,38+,39+/m0/s1. The van der Waals surface area contributed by atoms with E-state index in [1.54, 1.807) is 23.0 Å². The molecule has 1 aromatic carbocycles. The fourth-order valence-corrected chi connectivity index (χ4v) is 12.9. The molecule has 47 heavy (non-hydrogen) atoms. The smallest absolute Gasteiger partial charge is 0.360 e. The van der Waals surface area contributed by atoms with Gasteiger partial charge in [0.2, 0.25) is 0 Å². The molecule has 0 spiro atoms. The molecule has 2 heterocycles. The summed E-state index contributed by atoms with van der Waals surface area (Å²) in [6, 6.07) is 7.26. The molecule has 258 valence electrons. The first-order valence-electron chi connectivity index (χ1n) is 18.2. The van der Waals surface area contributed by atoms with Gasteiger partial charge in [0.05, 0.1) is 29.2 Å². The van der Waals surface area contributed by atoms with Gasteiger partial charge in [-0.05, 0) is 149 Å². The fourth-order valence-electron chi connectivity index (χ4n) is 12.8. The number of halogens is 1. The van der Waals surface area contributed by atoms with E-state index in [4.69, 9.17) is 21.1 Å². The van der Waals surface area contributed by atoms with Gasteiger partial charge in [-0.1, -0.05) is 51.4 Å². The van der Waals surface area contributed by atoms with Gasteiger partial charge in [0.25, 0.3) is 0 Å². The average Bonchev–Trinajstić information content (AvgIpc) is 3.63. The summed E-state index contributed by atoms with van der Waals surface area (Å²) in [5, 5.41) is 21.2. The summed E-state index contributed by atoms with van der Waals surface area (Å²) in [7, 11) is 0. The third-order valence-corrected chi connectivity index (χ3v) is 15.4. The predicted molar refractivity (Wildman–Crippen MR) is 183 cm³/mol. The Hall–Kier alpha value is -1.96. The van der Waals surface area contributed by atoms with Crippen LogP contribution in [0.2, 0.25) is 5.02 Å².